The van der Waals surface area contributed by atoms with Gasteiger partial charge < -0.3 is 14.7 Å². The largest absolute Gasteiger partial charge is 0.481 e. The summed E-state index contributed by atoms with van der Waals surface area (Å²) in [6, 6.07) is 9.98. The van der Waals surface area contributed by atoms with Crippen LogP contribution >= 0.6 is 0 Å². The van der Waals surface area contributed by atoms with E-state index in [0.717, 1.165) is 35.3 Å². The highest BCUT2D eigenvalue weighted by atomic mass is 16.5. The molecule has 1 aliphatic rings. The van der Waals surface area contributed by atoms with Crippen LogP contribution in [0, 0.1) is 11.3 Å². The van der Waals surface area contributed by atoms with Crippen LogP contribution in [-0.4, -0.2) is 35.8 Å². The number of fused-ring (bicyclic) bond motifs is 1. The minimum Gasteiger partial charge on any atom is -0.481 e. The lowest BCUT2D eigenvalue weighted by atomic mass is 9.72. The molecule has 0 spiro atoms. The molecule has 0 amide bonds. The van der Waals surface area contributed by atoms with E-state index in [0.29, 0.717) is 17.8 Å². The van der Waals surface area contributed by atoms with Gasteiger partial charge in [-0.25, -0.2) is 4.98 Å². The molecule has 152 valence electrons. The maximum Gasteiger partial charge on any atom is 0.305 e. The monoisotopic (exact) mass is 384 g/mol. The molecule has 5 heteroatoms. The fourth-order valence-corrected chi connectivity index (χ4v) is 4.01. The molecule has 3 rings (SSSR count). The number of aliphatic carboxylic acids is 1. The van der Waals surface area contributed by atoms with Crippen molar-refractivity contribution in [2.24, 2.45) is 11.3 Å². The lowest BCUT2D eigenvalue weighted by molar-refractivity contribution is -0.136. The molecule has 1 saturated carbocycles. The van der Waals surface area contributed by atoms with Gasteiger partial charge in [-0.05, 0) is 61.3 Å². The van der Waals surface area contributed by atoms with Crippen molar-refractivity contribution in [2.45, 2.75) is 59.0 Å². The number of ether oxygens (including phenoxy) is 1. The normalized spacial score (nSPS) is 20.1. The average Bonchev–Trinajstić information content (AvgIpc) is 2.65. The first kappa shape index (κ1) is 20.4. The lowest BCUT2D eigenvalue weighted by Gasteiger charge is -2.36. The predicted molar refractivity (Wildman–Crippen MR) is 113 cm³/mol. The number of carboxylic acid groups (broad SMARTS) is 1. The molecule has 0 aliphatic heterocycles. The molecule has 0 saturated heterocycles. The maximum atomic E-state index is 10.8. The Morgan fingerprint density at radius 2 is 1.89 bits per heavy atom. The van der Waals surface area contributed by atoms with E-state index in [2.05, 4.69) is 25.8 Å². The zero-order valence-electron chi connectivity index (χ0n) is 17.4. The third-order valence-corrected chi connectivity index (χ3v) is 5.94. The maximum absolute atomic E-state index is 10.8. The first-order valence-corrected chi connectivity index (χ1v) is 10.2. The highest BCUT2D eigenvalue weighted by Crippen LogP contribution is 2.38. The van der Waals surface area contributed by atoms with Crippen molar-refractivity contribution in [2.75, 3.05) is 18.5 Å². The second-order valence-corrected chi connectivity index (χ2v) is 9.05. The number of carboxylic acids is 1. The number of pyridine rings is 1. The van der Waals surface area contributed by atoms with Gasteiger partial charge >= 0.3 is 5.97 Å². The molecule has 1 aromatic carbocycles. The van der Waals surface area contributed by atoms with Gasteiger partial charge in [-0.1, -0.05) is 20.8 Å². The molecule has 1 N–H and O–H groups in total. The predicted octanol–water partition coefficient (Wildman–Crippen LogP) is 5.13. The molecule has 28 heavy (non-hydrogen) atoms. The Morgan fingerprint density at radius 1 is 1.18 bits per heavy atom. The minimum absolute atomic E-state index is 0.122. The van der Waals surface area contributed by atoms with Gasteiger partial charge in [0.1, 0.15) is 6.10 Å². The summed E-state index contributed by atoms with van der Waals surface area (Å²) < 4.78 is 6.18. The quantitative estimate of drug-likeness (QED) is 0.748. The SMILES string of the molecule is CN(CCC(=O)O)c1ccc2nc(O[C@H]3CC[C@H](C(C)(C)C)CC3)ccc2c1. The highest BCUT2D eigenvalue weighted by molar-refractivity contribution is 5.83. The minimum atomic E-state index is -0.785. The van der Waals surface area contributed by atoms with E-state index in [1.165, 1.54) is 12.8 Å². The second kappa shape index (κ2) is 8.38. The van der Waals surface area contributed by atoms with Crippen LogP contribution in [0.5, 0.6) is 5.88 Å². The van der Waals surface area contributed by atoms with Crippen molar-refractivity contribution in [3.05, 3.63) is 30.3 Å². The molecule has 1 fully saturated rings. The van der Waals surface area contributed by atoms with Gasteiger partial charge in [-0.2, -0.15) is 0 Å². The molecule has 0 atom stereocenters. The van der Waals surface area contributed by atoms with Crippen LogP contribution in [0.3, 0.4) is 0 Å². The van der Waals surface area contributed by atoms with Gasteiger partial charge in [-0.3, -0.25) is 4.79 Å². The molecular formula is C23H32N2O3. The van der Waals surface area contributed by atoms with Crippen molar-refractivity contribution in [3.8, 4) is 5.88 Å². The number of rotatable bonds is 6. The number of hydrogen-bond donors (Lipinski definition) is 1. The van der Waals surface area contributed by atoms with Crippen molar-refractivity contribution in [3.63, 3.8) is 0 Å². The summed E-state index contributed by atoms with van der Waals surface area (Å²) in [5.74, 6) is 0.680. The van der Waals surface area contributed by atoms with Crippen LogP contribution in [0.1, 0.15) is 52.9 Å². The van der Waals surface area contributed by atoms with E-state index in [9.17, 15) is 4.79 Å². The van der Waals surface area contributed by atoms with Crippen molar-refractivity contribution >= 4 is 22.6 Å². The van der Waals surface area contributed by atoms with Crippen LogP contribution < -0.4 is 9.64 Å². The smallest absolute Gasteiger partial charge is 0.305 e. The van der Waals surface area contributed by atoms with Gasteiger partial charge in [-0.15, -0.1) is 0 Å². The van der Waals surface area contributed by atoms with Gasteiger partial charge in [0, 0.05) is 30.7 Å². The standard InChI is InChI=1S/C23H32N2O3/c1-23(2,3)17-6-9-19(10-7-17)28-21-12-5-16-15-18(8-11-20(16)24-21)25(4)14-13-22(26)27/h5,8,11-12,15,17,19H,6-7,9-10,13-14H2,1-4H3,(H,26,27)/t17-,19-. The molecule has 1 aromatic heterocycles. The van der Waals surface area contributed by atoms with E-state index < -0.39 is 5.97 Å². The summed E-state index contributed by atoms with van der Waals surface area (Å²) in [5, 5.41) is 9.88. The summed E-state index contributed by atoms with van der Waals surface area (Å²) in [6.07, 6.45) is 4.99. The Kier molecular flexibility index (Phi) is 6.11. The molecule has 2 aromatic rings. The Morgan fingerprint density at radius 3 is 2.54 bits per heavy atom. The van der Waals surface area contributed by atoms with Crippen molar-refractivity contribution in [1.82, 2.24) is 4.98 Å². The van der Waals surface area contributed by atoms with Crippen LogP contribution in [0.15, 0.2) is 30.3 Å². The topological polar surface area (TPSA) is 62.7 Å². The van der Waals surface area contributed by atoms with E-state index in [1.54, 1.807) is 0 Å². The van der Waals surface area contributed by atoms with Gasteiger partial charge in [0.15, 0.2) is 0 Å². The number of anilines is 1. The molecule has 0 unspecified atom stereocenters. The number of benzene rings is 1. The highest BCUT2D eigenvalue weighted by Gasteiger charge is 2.30. The molecular weight excluding hydrogens is 352 g/mol. The number of nitrogens with zero attached hydrogens (tertiary/aromatic N) is 2. The van der Waals surface area contributed by atoms with Crippen LogP contribution in [0.25, 0.3) is 10.9 Å². The summed E-state index contributed by atoms with van der Waals surface area (Å²) in [5.41, 5.74) is 2.27. The summed E-state index contributed by atoms with van der Waals surface area (Å²) in [4.78, 5) is 17.4. The van der Waals surface area contributed by atoms with E-state index in [-0.39, 0.29) is 12.5 Å². The van der Waals surface area contributed by atoms with Gasteiger partial charge in [0.25, 0.3) is 0 Å². The number of hydrogen-bond acceptors (Lipinski definition) is 4. The van der Waals surface area contributed by atoms with Crippen molar-refractivity contribution in [1.29, 1.82) is 0 Å². The van der Waals surface area contributed by atoms with E-state index in [1.807, 2.05) is 42.3 Å². The summed E-state index contributed by atoms with van der Waals surface area (Å²) >= 11 is 0. The lowest BCUT2D eigenvalue weighted by Crippen LogP contribution is -2.30. The fraction of sp³-hybridized carbons (Fsp3) is 0.565. The average molecular weight is 385 g/mol. The van der Waals surface area contributed by atoms with Crippen molar-refractivity contribution < 1.29 is 14.6 Å². The Hall–Kier alpha value is -2.30. The third kappa shape index (κ3) is 5.15. The van der Waals surface area contributed by atoms with Crippen LogP contribution in [0.2, 0.25) is 0 Å². The Bertz CT molecular complexity index is 820. The Labute approximate surface area is 167 Å². The zero-order valence-corrected chi connectivity index (χ0v) is 17.4. The summed E-state index contributed by atoms with van der Waals surface area (Å²) in [6.45, 7) is 7.47. The molecule has 0 radical (unpaired) electrons. The zero-order chi connectivity index (χ0) is 20.3. The van der Waals surface area contributed by atoms with Crippen LogP contribution in [0.4, 0.5) is 5.69 Å². The van der Waals surface area contributed by atoms with E-state index >= 15 is 0 Å². The molecule has 5 nitrogen and oxygen atoms in total. The molecule has 0 bridgehead atoms. The Balaban J connectivity index is 1.63. The second-order valence-electron chi connectivity index (χ2n) is 9.05. The number of aromatic nitrogens is 1. The van der Waals surface area contributed by atoms with Gasteiger partial charge in [0.2, 0.25) is 5.88 Å². The van der Waals surface area contributed by atoms with Crippen LogP contribution in [-0.2, 0) is 4.79 Å². The molecule has 1 heterocycles. The third-order valence-electron chi connectivity index (χ3n) is 5.94. The fourth-order valence-electron chi connectivity index (χ4n) is 4.01. The number of carbonyl (C=O) groups is 1. The van der Waals surface area contributed by atoms with E-state index in [4.69, 9.17) is 9.84 Å². The summed E-state index contributed by atoms with van der Waals surface area (Å²) in [7, 11) is 1.91. The van der Waals surface area contributed by atoms with Gasteiger partial charge in [0.05, 0.1) is 11.9 Å². The first-order chi connectivity index (χ1) is 13.2. The first-order valence-electron chi connectivity index (χ1n) is 10.2. The molecule has 1 aliphatic carbocycles.